The molecule has 1 fully saturated rings. The monoisotopic (exact) mass is 445 g/mol. The van der Waals surface area contributed by atoms with E-state index in [1.165, 1.54) is 0 Å². The Labute approximate surface area is 190 Å². The van der Waals surface area contributed by atoms with Crippen LogP contribution in [0.1, 0.15) is 69.4 Å². The van der Waals surface area contributed by atoms with Gasteiger partial charge in [-0.05, 0) is 36.3 Å². The molecule has 2 rings (SSSR count). The SMILES string of the molecule is CC(C)c1cccc(CC(O)/C=C/[C@H]2CCCC(=O)N2CC#CCCCC(=O)O)c1Cl. The standard InChI is InChI=1S/C25H32ClNO4/c1-18(2)22-11-7-9-19(25(22)26)17-21(28)15-14-20-10-8-12-23(29)27(20)16-6-4-3-5-13-24(30)31/h7,9,11,14-15,18,20-21,28H,3,5,8,10,12-13,16-17H2,1-2H3,(H,30,31)/b15-14+/t20-,21?/m1/s1. The second-order valence-corrected chi connectivity index (χ2v) is 8.59. The molecule has 0 aliphatic carbocycles. The van der Waals surface area contributed by atoms with Crippen molar-refractivity contribution in [2.75, 3.05) is 6.54 Å². The molecule has 2 atom stereocenters. The summed E-state index contributed by atoms with van der Waals surface area (Å²) in [6, 6.07) is 5.81. The summed E-state index contributed by atoms with van der Waals surface area (Å²) < 4.78 is 0. The maximum Gasteiger partial charge on any atom is 0.303 e. The number of carboxylic acids is 1. The second kappa shape index (κ2) is 12.5. The fourth-order valence-electron chi connectivity index (χ4n) is 3.66. The van der Waals surface area contributed by atoms with Gasteiger partial charge in [0.1, 0.15) is 0 Å². The minimum Gasteiger partial charge on any atom is -0.481 e. The molecule has 5 nitrogen and oxygen atoms in total. The molecule has 0 radical (unpaired) electrons. The van der Waals surface area contributed by atoms with E-state index < -0.39 is 12.1 Å². The quantitative estimate of drug-likeness (QED) is 0.332. The van der Waals surface area contributed by atoms with E-state index >= 15 is 0 Å². The number of unbranched alkanes of at least 4 members (excludes halogenated alkanes) is 1. The third kappa shape index (κ3) is 8.05. The molecule has 1 aromatic rings. The molecular formula is C25H32ClNO4. The number of aliphatic hydroxyl groups is 1. The summed E-state index contributed by atoms with van der Waals surface area (Å²) in [6.45, 7) is 4.50. The number of carboxylic acid groups (broad SMARTS) is 1. The zero-order chi connectivity index (χ0) is 22.8. The Kier molecular flexibility index (Phi) is 10.1. The topological polar surface area (TPSA) is 77.8 Å². The van der Waals surface area contributed by atoms with Crippen LogP contribution in [-0.4, -0.2) is 45.7 Å². The highest BCUT2D eigenvalue weighted by Gasteiger charge is 2.25. The molecule has 168 valence electrons. The Balaban J connectivity index is 1.97. The first-order chi connectivity index (χ1) is 14.8. The fourth-order valence-corrected chi connectivity index (χ4v) is 4.08. The first-order valence-electron chi connectivity index (χ1n) is 10.9. The molecule has 1 saturated heterocycles. The van der Waals surface area contributed by atoms with Crippen LogP contribution in [0.15, 0.2) is 30.4 Å². The van der Waals surface area contributed by atoms with Crippen molar-refractivity contribution < 1.29 is 19.8 Å². The number of hydrogen-bond donors (Lipinski definition) is 2. The predicted molar refractivity (Wildman–Crippen MR) is 123 cm³/mol. The number of aliphatic carboxylic acids is 1. The van der Waals surface area contributed by atoms with E-state index in [1.54, 1.807) is 11.0 Å². The van der Waals surface area contributed by atoms with E-state index in [4.69, 9.17) is 16.7 Å². The van der Waals surface area contributed by atoms with Crippen LogP contribution in [0.4, 0.5) is 0 Å². The van der Waals surface area contributed by atoms with E-state index in [1.807, 2.05) is 24.3 Å². The van der Waals surface area contributed by atoms with Crippen LogP contribution in [0.25, 0.3) is 0 Å². The maximum absolute atomic E-state index is 12.4. The highest BCUT2D eigenvalue weighted by Crippen LogP contribution is 2.28. The molecular weight excluding hydrogens is 414 g/mol. The van der Waals surface area contributed by atoms with Gasteiger partial charge in [-0.3, -0.25) is 9.59 Å². The van der Waals surface area contributed by atoms with Gasteiger partial charge in [-0.1, -0.05) is 61.7 Å². The smallest absolute Gasteiger partial charge is 0.303 e. The average Bonchev–Trinajstić information content (AvgIpc) is 2.71. The lowest BCUT2D eigenvalue weighted by Gasteiger charge is -2.32. The van der Waals surface area contributed by atoms with Crippen LogP contribution in [0.5, 0.6) is 0 Å². The van der Waals surface area contributed by atoms with Crippen molar-refractivity contribution in [3.63, 3.8) is 0 Å². The van der Waals surface area contributed by atoms with E-state index in [0.29, 0.717) is 43.2 Å². The Morgan fingerprint density at radius 2 is 2.13 bits per heavy atom. The largest absolute Gasteiger partial charge is 0.481 e. The van der Waals surface area contributed by atoms with Crippen LogP contribution in [0, 0.1) is 11.8 Å². The van der Waals surface area contributed by atoms with Crippen molar-refractivity contribution in [3.8, 4) is 11.8 Å². The number of amides is 1. The summed E-state index contributed by atoms with van der Waals surface area (Å²) in [4.78, 5) is 24.6. The van der Waals surface area contributed by atoms with Crippen molar-refractivity contribution in [3.05, 3.63) is 46.5 Å². The van der Waals surface area contributed by atoms with Gasteiger partial charge < -0.3 is 15.1 Å². The summed E-state index contributed by atoms with van der Waals surface area (Å²) >= 11 is 6.51. The van der Waals surface area contributed by atoms with E-state index in [9.17, 15) is 14.7 Å². The lowest BCUT2D eigenvalue weighted by Crippen LogP contribution is -2.42. The zero-order valence-electron chi connectivity index (χ0n) is 18.3. The Bertz CT molecular complexity index is 853. The van der Waals surface area contributed by atoms with Crippen molar-refractivity contribution in [1.29, 1.82) is 0 Å². The van der Waals surface area contributed by atoms with Gasteiger partial charge in [-0.2, -0.15) is 0 Å². The molecule has 2 N–H and O–H groups in total. The normalized spacial score (nSPS) is 17.6. The van der Waals surface area contributed by atoms with E-state index in [2.05, 4.69) is 25.7 Å². The summed E-state index contributed by atoms with van der Waals surface area (Å²) in [5.41, 5.74) is 1.98. The highest BCUT2D eigenvalue weighted by atomic mass is 35.5. The van der Waals surface area contributed by atoms with Crippen molar-refractivity contribution in [2.45, 2.75) is 76.9 Å². The third-order valence-corrected chi connectivity index (χ3v) is 5.85. The number of carbonyl (C=O) groups is 2. The molecule has 0 aromatic heterocycles. The van der Waals surface area contributed by atoms with Crippen LogP contribution >= 0.6 is 11.6 Å². The Morgan fingerprint density at radius 3 is 2.84 bits per heavy atom. The van der Waals surface area contributed by atoms with Crippen molar-refractivity contribution >= 4 is 23.5 Å². The van der Waals surface area contributed by atoms with Gasteiger partial charge in [0, 0.05) is 30.7 Å². The molecule has 1 aliphatic rings. The average molecular weight is 446 g/mol. The maximum atomic E-state index is 12.4. The minimum atomic E-state index is -0.825. The first kappa shape index (κ1) is 25.0. The van der Waals surface area contributed by atoms with Crippen LogP contribution < -0.4 is 0 Å². The lowest BCUT2D eigenvalue weighted by molar-refractivity contribution is -0.137. The number of benzene rings is 1. The summed E-state index contributed by atoms with van der Waals surface area (Å²) in [6.07, 6.45) is 6.63. The molecule has 1 heterocycles. The summed E-state index contributed by atoms with van der Waals surface area (Å²) in [7, 11) is 0. The fraction of sp³-hybridized carbons (Fsp3) is 0.520. The van der Waals surface area contributed by atoms with Crippen LogP contribution in [-0.2, 0) is 16.0 Å². The minimum absolute atomic E-state index is 0.0582. The van der Waals surface area contributed by atoms with Gasteiger partial charge in [0.05, 0.1) is 18.7 Å². The molecule has 0 bridgehead atoms. The predicted octanol–water partition coefficient (Wildman–Crippen LogP) is 4.56. The Morgan fingerprint density at radius 1 is 1.35 bits per heavy atom. The van der Waals surface area contributed by atoms with Gasteiger partial charge in [0.25, 0.3) is 0 Å². The number of nitrogens with zero attached hydrogens (tertiary/aromatic N) is 1. The lowest BCUT2D eigenvalue weighted by atomic mass is 9.97. The molecule has 1 aromatic carbocycles. The molecule has 31 heavy (non-hydrogen) atoms. The molecule has 0 spiro atoms. The van der Waals surface area contributed by atoms with E-state index in [0.717, 1.165) is 24.0 Å². The highest BCUT2D eigenvalue weighted by molar-refractivity contribution is 6.32. The molecule has 1 aliphatic heterocycles. The van der Waals surface area contributed by atoms with Gasteiger partial charge in [-0.25, -0.2) is 0 Å². The number of rotatable bonds is 9. The first-order valence-corrected chi connectivity index (χ1v) is 11.3. The van der Waals surface area contributed by atoms with Gasteiger partial charge >= 0.3 is 5.97 Å². The molecule has 0 saturated carbocycles. The second-order valence-electron chi connectivity index (χ2n) is 8.21. The molecule has 6 heteroatoms. The number of aliphatic hydroxyl groups excluding tert-OH is 1. The van der Waals surface area contributed by atoms with Crippen LogP contribution in [0.3, 0.4) is 0 Å². The number of likely N-dealkylation sites (tertiary alicyclic amines) is 1. The van der Waals surface area contributed by atoms with E-state index in [-0.39, 0.29) is 18.4 Å². The molecule has 1 unspecified atom stereocenters. The number of piperidine rings is 1. The zero-order valence-corrected chi connectivity index (χ0v) is 19.1. The van der Waals surface area contributed by atoms with Crippen molar-refractivity contribution in [2.24, 2.45) is 0 Å². The molecule has 1 amide bonds. The van der Waals surface area contributed by atoms with Gasteiger partial charge in [0.2, 0.25) is 5.91 Å². The van der Waals surface area contributed by atoms with Gasteiger partial charge in [-0.15, -0.1) is 5.92 Å². The van der Waals surface area contributed by atoms with Crippen LogP contribution in [0.2, 0.25) is 5.02 Å². The van der Waals surface area contributed by atoms with Crippen molar-refractivity contribution in [1.82, 2.24) is 4.90 Å². The summed E-state index contributed by atoms with van der Waals surface area (Å²) in [5.74, 6) is 5.49. The summed E-state index contributed by atoms with van der Waals surface area (Å²) in [5, 5.41) is 19.9. The number of carbonyl (C=O) groups excluding carboxylic acids is 1. The number of halogens is 1. The Hall–Kier alpha value is -2.29. The van der Waals surface area contributed by atoms with Gasteiger partial charge in [0.15, 0.2) is 0 Å². The number of hydrogen-bond acceptors (Lipinski definition) is 3. The third-order valence-electron chi connectivity index (χ3n) is 5.39.